The third kappa shape index (κ3) is 6.79. The molecule has 0 spiro atoms. The first-order valence-electron chi connectivity index (χ1n) is 12.9. The number of rotatable bonds is 9. The largest absolute Gasteiger partial charge is 0.316 e. The average Bonchev–Trinajstić information content (AvgIpc) is 3.10. The van der Waals surface area contributed by atoms with Crippen LogP contribution in [0.3, 0.4) is 0 Å². The van der Waals surface area contributed by atoms with Gasteiger partial charge in [0.2, 0.25) is 10.0 Å². The lowest BCUT2D eigenvalue weighted by Gasteiger charge is -2.32. The van der Waals surface area contributed by atoms with Gasteiger partial charge in [-0.3, -0.25) is 4.79 Å². The fourth-order valence-electron chi connectivity index (χ4n) is 5.21. The zero-order chi connectivity index (χ0) is 24.8. The molecule has 0 aromatic heterocycles. The molecule has 0 aliphatic carbocycles. The maximum atomic E-state index is 12.8. The van der Waals surface area contributed by atoms with Crippen molar-refractivity contribution in [2.45, 2.75) is 49.8 Å². The number of benzene rings is 2. The summed E-state index contributed by atoms with van der Waals surface area (Å²) in [6.45, 7) is 5.12. The number of piperidine rings is 1. The Morgan fingerprint density at radius 3 is 2.37 bits per heavy atom. The molecule has 2 aliphatic heterocycles. The smallest absolute Gasteiger partial charge is 0.242 e. The zero-order valence-corrected chi connectivity index (χ0v) is 21.9. The van der Waals surface area contributed by atoms with Crippen LogP contribution in [0, 0.1) is 5.92 Å². The molecule has 0 unspecified atom stereocenters. The van der Waals surface area contributed by atoms with Crippen LogP contribution in [0.2, 0.25) is 0 Å². The number of sulfonamides is 1. The Kier molecular flexibility index (Phi) is 8.76. The Balaban J connectivity index is 1.19. The second-order valence-corrected chi connectivity index (χ2v) is 12.3. The fraction of sp³-hybridized carbons (Fsp3) is 0.536. The summed E-state index contributed by atoms with van der Waals surface area (Å²) in [5.41, 5.74) is 4.78. The monoisotopic (exact) mass is 497 g/mol. The van der Waals surface area contributed by atoms with E-state index in [2.05, 4.69) is 22.3 Å². The Morgan fingerprint density at radius 2 is 1.69 bits per heavy atom. The molecule has 1 fully saturated rings. The summed E-state index contributed by atoms with van der Waals surface area (Å²) in [7, 11) is -0.262. The van der Waals surface area contributed by atoms with Crippen LogP contribution < -0.4 is 5.32 Å². The number of fused-ring (bicyclic) bond motifs is 1. The van der Waals surface area contributed by atoms with Gasteiger partial charge in [-0.15, -0.1) is 0 Å². The Bertz CT molecular complexity index is 1100. The molecule has 0 bridgehead atoms. The van der Waals surface area contributed by atoms with E-state index in [0.717, 1.165) is 76.8 Å². The first-order valence-corrected chi connectivity index (χ1v) is 14.4. The molecule has 0 atom stereocenters. The van der Waals surface area contributed by atoms with Crippen LogP contribution in [0.25, 0.3) is 0 Å². The summed E-state index contributed by atoms with van der Waals surface area (Å²) in [6, 6.07) is 13.6. The third-order valence-electron chi connectivity index (χ3n) is 7.48. The molecule has 6 nitrogen and oxygen atoms in total. The number of nitrogens with one attached hydrogen (secondary N) is 1. The predicted octanol–water partition coefficient (Wildman–Crippen LogP) is 3.54. The Labute approximate surface area is 210 Å². The summed E-state index contributed by atoms with van der Waals surface area (Å²) in [5, 5.41) is 3.43. The van der Waals surface area contributed by atoms with E-state index in [1.165, 1.54) is 21.0 Å². The summed E-state index contributed by atoms with van der Waals surface area (Å²) in [5.74, 6) is 0.887. The average molecular weight is 498 g/mol. The van der Waals surface area contributed by atoms with Crippen molar-refractivity contribution in [3.63, 3.8) is 0 Å². The lowest BCUT2D eigenvalue weighted by molar-refractivity contribution is 0.0970. The quantitative estimate of drug-likeness (QED) is 0.537. The second-order valence-electron chi connectivity index (χ2n) is 10.2. The van der Waals surface area contributed by atoms with Gasteiger partial charge in [-0.25, -0.2) is 12.7 Å². The van der Waals surface area contributed by atoms with Crippen LogP contribution >= 0.6 is 0 Å². The van der Waals surface area contributed by atoms with E-state index < -0.39 is 10.0 Å². The number of carbonyl (C=O) groups is 1. The van der Waals surface area contributed by atoms with Gasteiger partial charge in [0.15, 0.2) is 5.78 Å². The highest BCUT2D eigenvalue weighted by Crippen LogP contribution is 2.24. The standard InChI is InChI=1S/C28H39N3O3S/c1-30(2)35(33,34)27-9-5-22(6-10-27)20-23-13-18-31(19-14-23)17-3-4-28(32)26-8-7-24-11-15-29-16-12-25(24)21-26/h5-10,21,23,29H,3-4,11-20H2,1-2H3. The summed E-state index contributed by atoms with van der Waals surface area (Å²) in [6.07, 6.45) is 6.84. The van der Waals surface area contributed by atoms with E-state index >= 15 is 0 Å². The van der Waals surface area contributed by atoms with E-state index in [-0.39, 0.29) is 5.78 Å². The molecule has 2 heterocycles. The minimum atomic E-state index is -3.37. The van der Waals surface area contributed by atoms with Crippen molar-refractivity contribution in [3.8, 4) is 0 Å². The predicted molar refractivity (Wildman–Crippen MR) is 140 cm³/mol. The van der Waals surface area contributed by atoms with Gasteiger partial charge in [-0.05, 0) is 112 Å². The zero-order valence-electron chi connectivity index (χ0n) is 21.1. The van der Waals surface area contributed by atoms with Crippen LogP contribution in [0.15, 0.2) is 47.4 Å². The molecule has 4 rings (SSSR count). The maximum Gasteiger partial charge on any atom is 0.242 e. The van der Waals surface area contributed by atoms with Crippen molar-refractivity contribution < 1.29 is 13.2 Å². The first kappa shape index (κ1) is 26.0. The molecule has 190 valence electrons. The van der Waals surface area contributed by atoms with E-state index in [1.54, 1.807) is 26.2 Å². The van der Waals surface area contributed by atoms with Gasteiger partial charge in [0.1, 0.15) is 0 Å². The number of likely N-dealkylation sites (tertiary alicyclic amines) is 1. The molecule has 2 aliphatic rings. The van der Waals surface area contributed by atoms with Gasteiger partial charge in [0.25, 0.3) is 0 Å². The lowest BCUT2D eigenvalue weighted by atomic mass is 9.90. The Hall–Kier alpha value is -2.06. The van der Waals surface area contributed by atoms with Crippen LogP contribution in [0.1, 0.15) is 52.7 Å². The lowest BCUT2D eigenvalue weighted by Crippen LogP contribution is -2.35. The highest BCUT2D eigenvalue weighted by atomic mass is 32.2. The minimum absolute atomic E-state index is 0.264. The molecule has 35 heavy (non-hydrogen) atoms. The molecule has 1 saturated heterocycles. The van der Waals surface area contributed by atoms with Gasteiger partial charge < -0.3 is 10.2 Å². The maximum absolute atomic E-state index is 12.8. The van der Waals surface area contributed by atoms with Crippen LogP contribution in [-0.2, 0) is 29.3 Å². The van der Waals surface area contributed by atoms with Crippen LogP contribution in [-0.4, -0.2) is 70.2 Å². The molecular formula is C28H39N3O3S. The van der Waals surface area contributed by atoms with E-state index in [4.69, 9.17) is 0 Å². The van der Waals surface area contributed by atoms with Gasteiger partial charge in [0, 0.05) is 26.1 Å². The molecule has 0 saturated carbocycles. The highest BCUT2D eigenvalue weighted by Gasteiger charge is 2.21. The van der Waals surface area contributed by atoms with Crippen molar-refractivity contribution in [3.05, 3.63) is 64.7 Å². The molecule has 2 aromatic rings. The topological polar surface area (TPSA) is 69.7 Å². The molecular weight excluding hydrogens is 458 g/mol. The number of hydrogen-bond acceptors (Lipinski definition) is 5. The van der Waals surface area contributed by atoms with Crippen molar-refractivity contribution >= 4 is 15.8 Å². The van der Waals surface area contributed by atoms with Crippen molar-refractivity contribution in [2.24, 2.45) is 5.92 Å². The van der Waals surface area contributed by atoms with Crippen molar-refractivity contribution in [1.29, 1.82) is 0 Å². The molecule has 0 amide bonds. The summed E-state index contributed by atoms with van der Waals surface area (Å²) in [4.78, 5) is 15.6. The molecule has 2 aromatic carbocycles. The van der Waals surface area contributed by atoms with Gasteiger partial charge >= 0.3 is 0 Å². The van der Waals surface area contributed by atoms with E-state index in [0.29, 0.717) is 17.2 Å². The summed E-state index contributed by atoms with van der Waals surface area (Å²) >= 11 is 0. The third-order valence-corrected chi connectivity index (χ3v) is 9.31. The van der Waals surface area contributed by atoms with Crippen molar-refractivity contribution in [2.75, 3.05) is 46.8 Å². The van der Waals surface area contributed by atoms with Crippen LogP contribution in [0.5, 0.6) is 0 Å². The molecule has 0 radical (unpaired) electrons. The number of carbonyl (C=O) groups excluding carboxylic acids is 1. The van der Waals surface area contributed by atoms with Gasteiger partial charge in [-0.1, -0.05) is 24.3 Å². The van der Waals surface area contributed by atoms with Crippen molar-refractivity contribution in [1.82, 2.24) is 14.5 Å². The molecule has 1 N–H and O–H groups in total. The minimum Gasteiger partial charge on any atom is -0.316 e. The fourth-order valence-corrected chi connectivity index (χ4v) is 6.11. The summed E-state index contributed by atoms with van der Waals surface area (Å²) < 4.78 is 25.7. The number of ketones is 1. The van der Waals surface area contributed by atoms with Gasteiger partial charge in [-0.2, -0.15) is 0 Å². The Morgan fingerprint density at radius 1 is 1.00 bits per heavy atom. The highest BCUT2D eigenvalue weighted by molar-refractivity contribution is 7.89. The van der Waals surface area contributed by atoms with E-state index in [9.17, 15) is 13.2 Å². The van der Waals surface area contributed by atoms with Gasteiger partial charge in [0.05, 0.1) is 4.90 Å². The SMILES string of the molecule is CN(C)S(=O)(=O)c1ccc(CC2CCN(CCCC(=O)c3ccc4c(c3)CCNCC4)CC2)cc1. The first-order chi connectivity index (χ1) is 16.8. The number of nitrogens with zero attached hydrogens (tertiary/aromatic N) is 2. The number of Topliss-reactive ketones (excluding diaryl/α,β-unsaturated/α-hetero) is 1. The number of hydrogen-bond donors (Lipinski definition) is 1. The second kappa shape index (κ2) is 11.8. The normalized spacial score (nSPS) is 17.8. The van der Waals surface area contributed by atoms with E-state index in [1.807, 2.05) is 18.2 Å². The van der Waals surface area contributed by atoms with Crippen LogP contribution in [0.4, 0.5) is 0 Å². The molecule has 7 heteroatoms.